The number of fused-ring (bicyclic) bond motifs is 1. The van der Waals surface area contributed by atoms with Gasteiger partial charge in [0.05, 0.1) is 18.1 Å². The first-order chi connectivity index (χ1) is 11.5. The predicted molar refractivity (Wildman–Crippen MR) is 87.6 cm³/mol. The minimum Gasteiger partial charge on any atom is -0.493 e. The summed E-state index contributed by atoms with van der Waals surface area (Å²) in [5.41, 5.74) is 2.91. The zero-order valence-electron chi connectivity index (χ0n) is 13.5. The Bertz CT molecular complexity index is 851. The maximum Gasteiger partial charge on any atom is 0.311 e. The van der Waals surface area contributed by atoms with Crippen molar-refractivity contribution in [3.05, 3.63) is 52.6 Å². The summed E-state index contributed by atoms with van der Waals surface area (Å²) in [5, 5.41) is 18.8. The van der Waals surface area contributed by atoms with Crippen LogP contribution in [0.15, 0.2) is 30.3 Å². The number of nitrogens with zero attached hydrogens (tertiary/aromatic N) is 1. The standard InChI is InChI=1S/C19H17NO4/c1-11-3-4-16(12(2)7-11)24-17-9-18-15(8-13(17)10-20)14(19(21)22)5-6-23-18/h3-4,7-9,14H,5-6H2,1-2H3,(H,21,22). The van der Waals surface area contributed by atoms with Crippen molar-refractivity contribution in [2.24, 2.45) is 0 Å². The zero-order valence-corrected chi connectivity index (χ0v) is 13.5. The predicted octanol–water partition coefficient (Wildman–Crippen LogP) is 3.92. The molecule has 1 unspecified atom stereocenters. The van der Waals surface area contributed by atoms with Gasteiger partial charge in [0.1, 0.15) is 23.3 Å². The van der Waals surface area contributed by atoms with Gasteiger partial charge in [-0.1, -0.05) is 17.7 Å². The van der Waals surface area contributed by atoms with E-state index in [4.69, 9.17) is 9.47 Å². The molecule has 0 saturated carbocycles. The highest BCUT2D eigenvalue weighted by Crippen LogP contribution is 2.40. The van der Waals surface area contributed by atoms with E-state index < -0.39 is 11.9 Å². The molecule has 0 amide bonds. The molecule has 122 valence electrons. The summed E-state index contributed by atoms with van der Waals surface area (Å²) in [5.74, 6) is -0.0770. The molecule has 0 aliphatic carbocycles. The van der Waals surface area contributed by atoms with E-state index >= 15 is 0 Å². The van der Waals surface area contributed by atoms with Crippen molar-refractivity contribution in [1.29, 1.82) is 5.26 Å². The smallest absolute Gasteiger partial charge is 0.311 e. The average Bonchev–Trinajstić information content (AvgIpc) is 2.56. The Kier molecular flexibility index (Phi) is 4.13. The molecule has 1 atom stereocenters. The molecule has 1 aliphatic heterocycles. The van der Waals surface area contributed by atoms with Gasteiger partial charge in [0.25, 0.3) is 0 Å². The second-order valence-corrected chi connectivity index (χ2v) is 5.90. The van der Waals surface area contributed by atoms with Crippen molar-refractivity contribution in [3.63, 3.8) is 0 Å². The second kappa shape index (κ2) is 6.25. The topological polar surface area (TPSA) is 79.5 Å². The molecule has 0 bridgehead atoms. The molecule has 1 heterocycles. The normalized spacial score (nSPS) is 15.8. The van der Waals surface area contributed by atoms with Crippen molar-refractivity contribution in [1.82, 2.24) is 0 Å². The number of hydrogen-bond donors (Lipinski definition) is 1. The molecule has 0 aromatic heterocycles. The highest BCUT2D eigenvalue weighted by molar-refractivity contribution is 5.78. The van der Waals surface area contributed by atoms with Crippen LogP contribution in [0.25, 0.3) is 0 Å². The molecule has 2 aromatic carbocycles. The number of carboxylic acid groups (broad SMARTS) is 1. The van der Waals surface area contributed by atoms with Crippen LogP contribution in [0.4, 0.5) is 0 Å². The van der Waals surface area contributed by atoms with Crippen LogP contribution in [0.2, 0.25) is 0 Å². The number of nitriles is 1. The molecule has 2 aromatic rings. The lowest BCUT2D eigenvalue weighted by Gasteiger charge is -2.24. The Morgan fingerprint density at radius 3 is 2.75 bits per heavy atom. The minimum absolute atomic E-state index is 0.297. The second-order valence-electron chi connectivity index (χ2n) is 5.90. The van der Waals surface area contributed by atoms with Crippen molar-refractivity contribution in [3.8, 4) is 23.3 Å². The van der Waals surface area contributed by atoms with Crippen LogP contribution in [-0.4, -0.2) is 17.7 Å². The van der Waals surface area contributed by atoms with Gasteiger partial charge in [0.15, 0.2) is 0 Å². The molecule has 1 N–H and O–H groups in total. The number of hydrogen-bond acceptors (Lipinski definition) is 4. The molecule has 5 heteroatoms. The van der Waals surface area contributed by atoms with E-state index in [2.05, 4.69) is 6.07 Å². The fraction of sp³-hybridized carbons (Fsp3) is 0.263. The van der Waals surface area contributed by atoms with Gasteiger partial charge in [-0.3, -0.25) is 4.79 Å². The Hall–Kier alpha value is -3.00. The van der Waals surface area contributed by atoms with Crippen LogP contribution < -0.4 is 9.47 Å². The van der Waals surface area contributed by atoms with Gasteiger partial charge < -0.3 is 14.6 Å². The first-order valence-electron chi connectivity index (χ1n) is 7.68. The number of benzene rings is 2. The molecule has 3 rings (SSSR count). The van der Waals surface area contributed by atoms with Crippen LogP contribution in [0.3, 0.4) is 0 Å². The molecule has 0 fully saturated rings. The third-order valence-corrected chi connectivity index (χ3v) is 4.12. The highest BCUT2D eigenvalue weighted by atomic mass is 16.5. The van der Waals surface area contributed by atoms with E-state index in [1.54, 1.807) is 12.1 Å². The van der Waals surface area contributed by atoms with E-state index in [1.807, 2.05) is 32.0 Å². The summed E-state index contributed by atoms with van der Waals surface area (Å²) in [6, 6.07) is 11.0. The van der Waals surface area contributed by atoms with Gasteiger partial charge in [-0.15, -0.1) is 0 Å². The maximum absolute atomic E-state index is 11.4. The SMILES string of the molecule is Cc1ccc(Oc2cc3c(cc2C#N)C(C(=O)O)CCO3)c(C)c1. The van der Waals surface area contributed by atoms with Gasteiger partial charge in [0.2, 0.25) is 0 Å². The van der Waals surface area contributed by atoms with Crippen molar-refractivity contribution < 1.29 is 19.4 Å². The van der Waals surface area contributed by atoms with E-state index in [9.17, 15) is 15.2 Å². The number of carbonyl (C=O) groups is 1. The number of ether oxygens (including phenoxy) is 2. The quantitative estimate of drug-likeness (QED) is 0.926. The number of rotatable bonds is 3. The molecule has 24 heavy (non-hydrogen) atoms. The largest absolute Gasteiger partial charge is 0.493 e. The van der Waals surface area contributed by atoms with Crippen LogP contribution in [0, 0.1) is 25.2 Å². The Balaban J connectivity index is 2.03. The van der Waals surface area contributed by atoms with Crippen LogP contribution in [0.1, 0.15) is 34.6 Å². The lowest BCUT2D eigenvalue weighted by Crippen LogP contribution is -2.21. The summed E-state index contributed by atoms with van der Waals surface area (Å²) >= 11 is 0. The van der Waals surface area contributed by atoms with Crippen LogP contribution in [0.5, 0.6) is 17.2 Å². The van der Waals surface area contributed by atoms with Gasteiger partial charge in [-0.05, 0) is 38.0 Å². The summed E-state index contributed by atoms with van der Waals surface area (Å²) in [6.07, 6.45) is 0.393. The molecule has 5 nitrogen and oxygen atoms in total. The van der Waals surface area contributed by atoms with Gasteiger partial charge in [0, 0.05) is 11.6 Å². The third kappa shape index (κ3) is 2.91. The molecular weight excluding hydrogens is 306 g/mol. The fourth-order valence-electron chi connectivity index (χ4n) is 2.88. The van der Waals surface area contributed by atoms with E-state index in [0.29, 0.717) is 41.4 Å². The van der Waals surface area contributed by atoms with Gasteiger partial charge in [-0.2, -0.15) is 5.26 Å². The minimum atomic E-state index is -0.911. The third-order valence-electron chi connectivity index (χ3n) is 4.12. The summed E-state index contributed by atoms with van der Waals surface area (Å²) < 4.78 is 11.5. The molecule has 0 spiro atoms. The lowest BCUT2D eigenvalue weighted by molar-refractivity contribution is -0.139. The van der Waals surface area contributed by atoms with Crippen molar-refractivity contribution in [2.45, 2.75) is 26.2 Å². The van der Waals surface area contributed by atoms with E-state index in [0.717, 1.165) is 11.1 Å². The van der Waals surface area contributed by atoms with Crippen molar-refractivity contribution in [2.75, 3.05) is 6.61 Å². The van der Waals surface area contributed by atoms with Crippen molar-refractivity contribution >= 4 is 5.97 Å². The highest BCUT2D eigenvalue weighted by Gasteiger charge is 2.29. The van der Waals surface area contributed by atoms with Crippen LogP contribution in [-0.2, 0) is 4.79 Å². The molecule has 1 aliphatic rings. The van der Waals surface area contributed by atoms with Gasteiger partial charge in [-0.25, -0.2) is 0 Å². The Morgan fingerprint density at radius 2 is 2.08 bits per heavy atom. The summed E-state index contributed by atoms with van der Waals surface area (Å²) in [6.45, 7) is 4.26. The first-order valence-corrected chi connectivity index (χ1v) is 7.68. The lowest BCUT2D eigenvalue weighted by atomic mass is 9.91. The average molecular weight is 323 g/mol. The fourth-order valence-corrected chi connectivity index (χ4v) is 2.88. The zero-order chi connectivity index (χ0) is 17.3. The maximum atomic E-state index is 11.4. The van der Waals surface area contributed by atoms with Crippen LogP contribution >= 0.6 is 0 Å². The molecule has 0 radical (unpaired) electrons. The summed E-state index contributed by atoms with van der Waals surface area (Å²) in [4.78, 5) is 11.4. The summed E-state index contributed by atoms with van der Waals surface area (Å²) in [7, 11) is 0. The number of carboxylic acids is 1. The number of aryl methyl sites for hydroxylation is 2. The van der Waals surface area contributed by atoms with E-state index in [1.165, 1.54) is 0 Å². The monoisotopic (exact) mass is 323 g/mol. The molecule has 0 saturated heterocycles. The van der Waals surface area contributed by atoms with Gasteiger partial charge >= 0.3 is 5.97 Å². The first kappa shape index (κ1) is 15.9. The Labute approximate surface area is 140 Å². The Morgan fingerprint density at radius 1 is 1.29 bits per heavy atom. The molecular formula is C19H17NO4. The number of aliphatic carboxylic acids is 1. The van der Waals surface area contributed by atoms with E-state index in [-0.39, 0.29) is 0 Å².